The highest BCUT2D eigenvalue weighted by Gasteiger charge is 2.47. The highest BCUT2D eigenvalue weighted by Crippen LogP contribution is 2.49. The van der Waals surface area contributed by atoms with Crippen LogP contribution < -0.4 is 0 Å². The van der Waals surface area contributed by atoms with Gasteiger partial charge in [0.05, 0.1) is 5.92 Å². The lowest BCUT2D eigenvalue weighted by Gasteiger charge is -2.50. The number of carbonyl (C=O) groups excluding carboxylic acids is 1. The molecule has 1 aliphatic carbocycles. The largest absolute Gasteiger partial charge is 0.481 e. The van der Waals surface area contributed by atoms with Crippen LogP contribution in [0.1, 0.15) is 25.7 Å². The van der Waals surface area contributed by atoms with Gasteiger partial charge in [-0.25, -0.2) is 4.79 Å². The van der Waals surface area contributed by atoms with E-state index in [4.69, 9.17) is 4.74 Å². The summed E-state index contributed by atoms with van der Waals surface area (Å²) in [7, 11) is 0. The van der Waals surface area contributed by atoms with Gasteiger partial charge in [-0.05, 0) is 24.7 Å². The van der Waals surface area contributed by atoms with E-state index in [0.717, 1.165) is 19.3 Å². The molecule has 1 atom stereocenters. The van der Waals surface area contributed by atoms with Crippen molar-refractivity contribution in [3.8, 4) is 0 Å². The molecule has 1 heterocycles. The zero-order chi connectivity index (χ0) is 13.2. The Bertz CT molecular complexity index is 362. The predicted octanol–water partition coefficient (Wildman–Crippen LogP) is 1.89. The molecule has 0 aromatic heterocycles. The summed E-state index contributed by atoms with van der Waals surface area (Å²) in [6.45, 7) is 4.54. The molecule has 1 saturated carbocycles. The Kier molecular flexibility index (Phi) is 3.59. The molecule has 2 fully saturated rings. The van der Waals surface area contributed by atoms with Crippen LogP contribution in [0, 0.1) is 11.3 Å². The van der Waals surface area contributed by atoms with Crippen LogP contribution in [0.15, 0.2) is 12.7 Å². The number of likely N-dealkylation sites (tertiary alicyclic amines) is 1. The minimum Gasteiger partial charge on any atom is -0.481 e. The number of rotatable bonds is 3. The number of nitrogens with zero attached hydrogens (tertiary/aromatic N) is 1. The van der Waals surface area contributed by atoms with E-state index in [2.05, 4.69) is 6.58 Å². The van der Waals surface area contributed by atoms with Crippen LogP contribution >= 0.6 is 0 Å². The first-order chi connectivity index (χ1) is 8.56. The first kappa shape index (κ1) is 12.9. The summed E-state index contributed by atoms with van der Waals surface area (Å²) in [5, 5.41) is 9.17. The molecule has 0 aromatic carbocycles. The van der Waals surface area contributed by atoms with Gasteiger partial charge in [-0.3, -0.25) is 4.79 Å². The van der Waals surface area contributed by atoms with Crippen molar-refractivity contribution in [2.75, 3.05) is 19.7 Å². The molecule has 5 nitrogen and oxygen atoms in total. The SMILES string of the molecule is C=CCOC(=O)N1CC(C(=O)O)CC2(CCC2)C1. The van der Waals surface area contributed by atoms with Gasteiger partial charge < -0.3 is 14.7 Å². The summed E-state index contributed by atoms with van der Waals surface area (Å²) in [6.07, 6.45) is 4.93. The minimum atomic E-state index is -0.817. The van der Waals surface area contributed by atoms with Crippen molar-refractivity contribution in [2.45, 2.75) is 25.7 Å². The van der Waals surface area contributed by atoms with Crippen molar-refractivity contribution >= 4 is 12.1 Å². The van der Waals surface area contributed by atoms with E-state index in [-0.39, 0.29) is 18.6 Å². The Morgan fingerprint density at radius 1 is 1.50 bits per heavy atom. The highest BCUT2D eigenvalue weighted by molar-refractivity contribution is 5.73. The standard InChI is InChI=1S/C13H19NO4/c1-2-6-18-12(17)14-8-10(11(15)16)7-13(9-14)4-3-5-13/h2,10H,1,3-9H2,(H,15,16). The second-order valence-electron chi connectivity index (χ2n) is 5.34. The number of aliphatic carboxylic acids is 1. The summed E-state index contributed by atoms with van der Waals surface area (Å²) < 4.78 is 5.00. The van der Waals surface area contributed by atoms with E-state index in [9.17, 15) is 14.7 Å². The van der Waals surface area contributed by atoms with Gasteiger partial charge in [-0.2, -0.15) is 0 Å². The number of piperidine rings is 1. The lowest BCUT2D eigenvalue weighted by atomic mass is 9.62. The fourth-order valence-electron chi connectivity index (χ4n) is 2.95. The molecule has 0 aromatic rings. The predicted molar refractivity (Wildman–Crippen MR) is 65.1 cm³/mol. The number of carbonyl (C=O) groups is 2. The van der Waals surface area contributed by atoms with Crippen LogP contribution in [-0.4, -0.2) is 41.8 Å². The molecule has 18 heavy (non-hydrogen) atoms. The molecule has 0 radical (unpaired) electrons. The Hall–Kier alpha value is -1.52. The first-order valence-electron chi connectivity index (χ1n) is 6.32. The minimum absolute atomic E-state index is 0.0223. The summed E-state index contributed by atoms with van der Waals surface area (Å²) in [5.74, 6) is -1.28. The number of hydrogen-bond donors (Lipinski definition) is 1. The maximum atomic E-state index is 11.8. The number of hydrogen-bond acceptors (Lipinski definition) is 3. The van der Waals surface area contributed by atoms with Gasteiger partial charge >= 0.3 is 12.1 Å². The van der Waals surface area contributed by atoms with Gasteiger partial charge in [0, 0.05) is 13.1 Å². The average molecular weight is 253 g/mol. The summed E-state index contributed by atoms with van der Waals surface area (Å²) in [4.78, 5) is 24.5. The molecule has 100 valence electrons. The first-order valence-corrected chi connectivity index (χ1v) is 6.32. The van der Waals surface area contributed by atoms with E-state index in [1.54, 1.807) is 4.90 Å². The van der Waals surface area contributed by atoms with Gasteiger partial charge in [0.15, 0.2) is 0 Å². The molecule has 2 aliphatic rings. The highest BCUT2D eigenvalue weighted by atomic mass is 16.6. The molecule has 1 aliphatic heterocycles. The summed E-state index contributed by atoms with van der Waals surface area (Å²) in [5.41, 5.74) is 0.0223. The number of ether oxygens (including phenoxy) is 1. The van der Waals surface area contributed by atoms with Crippen LogP contribution in [0.4, 0.5) is 4.79 Å². The Morgan fingerprint density at radius 2 is 2.22 bits per heavy atom. The smallest absolute Gasteiger partial charge is 0.410 e. The zero-order valence-electron chi connectivity index (χ0n) is 10.4. The maximum absolute atomic E-state index is 11.8. The molecule has 1 amide bonds. The monoisotopic (exact) mass is 253 g/mol. The molecule has 1 saturated heterocycles. The number of carboxylic acids is 1. The van der Waals surface area contributed by atoms with Crippen molar-refractivity contribution < 1.29 is 19.4 Å². The van der Waals surface area contributed by atoms with Crippen LogP contribution in [0.2, 0.25) is 0 Å². The Morgan fingerprint density at radius 3 is 2.72 bits per heavy atom. The maximum Gasteiger partial charge on any atom is 0.410 e. The van der Waals surface area contributed by atoms with E-state index < -0.39 is 18.0 Å². The normalized spacial score (nSPS) is 25.3. The topological polar surface area (TPSA) is 66.8 Å². The van der Waals surface area contributed by atoms with E-state index >= 15 is 0 Å². The molecular formula is C13H19NO4. The van der Waals surface area contributed by atoms with Gasteiger partial charge in [-0.1, -0.05) is 19.1 Å². The third kappa shape index (κ3) is 2.49. The van der Waals surface area contributed by atoms with Crippen LogP contribution in [-0.2, 0) is 9.53 Å². The van der Waals surface area contributed by atoms with Crippen molar-refractivity contribution in [1.29, 1.82) is 0 Å². The molecule has 1 unspecified atom stereocenters. The second-order valence-corrected chi connectivity index (χ2v) is 5.34. The van der Waals surface area contributed by atoms with E-state index in [1.165, 1.54) is 6.08 Å². The summed E-state index contributed by atoms with van der Waals surface area (Å²) in [6, 6.07) is 0. The quantitative estimate of drug-likeness (QED) is 0.780. The molecule has 5 heteroatoms. The lowest BCUT2D eigenvalue weighted by molar-refractivity contribution is -0.147. The van der Waals surface area contributed by atoms with Gasteiger partial charge in [0.25, 0.3) is 0 Å². The van der Waals surface area contributed by atoms with Gasteiger partial charge in [-0.15, -0.1) is 0 Å². The van der Waals surface area contributed by atoms with Gasteiger partial charge in [0.2, 0.25) is 0 Å². The van der Waals surface area contributed by atoms with Crippen molar-refractivity contribution in [3.63, 3.8) is 0 Å². The number of amides is 1. The van der Waals surface area contributed by atoms with Crippen LogP contribution in [0.25, 0.3) is 0 Å². The molecule has 0 bridgehead atoms. The van der Waals surface area contributed by atoms with Gasteiger partial charge in [0.1, 0.15) is 6.61 Å². The fraction of sp³-hybridized carbons (Fsp3) is 0.692. The molecule has 1 spiro atoms. The molecule has 1 N–H and O–H groups in total. The third-order valence-electron chi connectivity index (χ3n) is 3.99. The summed E-state index contributed by atoms with van der Waals surface area (Å²) >= 11 is 0. The van der Waals surface area contributed by atoms with Crippen LogP contribution in [0.3, 0.4) is 0 Å². The van der Waals surface area contributed by atoms with Crippen molar-refractivity contribution in [2.24, 2.45) is 11.3 Å². The van der Waals surface area contributed by atoms with E-state index in [0.29, 0.717) is 13.0 Å². The molecule has 2 rings (SSSR count). The number of carboxylic acid groups (broad SMARTS) is 1. The lowest BCUT2D eigenvalue weighted by Crippen LogP contribution is -2.54. The Labute approximate surface area is 106 Å². The second kappa shape index (κ2) is 5.00. The van der Waals surface area contributed by atoms with Crippen molar-refractivity contribution in [3.05, 3.63) is 12.7 Å². The zero-order valence-corrected chi connectivity index (χ0v) is 10.4. The Balaban J connectivity index is 2.03. The molecular weight excluding hydrogens is 234 g/mol. The van der Waals surface area contributed by atoms with Crippen LogP contribution in [0.5, 0.6) is 0 Å². The fourth-order valence-corrected chi connectivity index (χ4v) is 2.95. The van der Waals surface area contributed by atoms with Crippen molar-refractivity contribution in [1.82, 2.24) is 4.90 Å². The van der Waals surface area contributed by atoms with E-state index in [1.807, 2.05) is 0 Å². The average Bonchev–Trinajstić information content (AvgIpc) is 2.33. The third-order valence-corrected chi connectivity index (χ3v) is 3.99.